The van der Waals surface area contributed by atoms with Crippen LogP contribution in [-0.2, 0) is 4.79 Å². The molecule has 0 amide bonds. The smallest absolute Gasteiger partial charge is 0.328 e. The Hall–Kier alpha value is -1.77. The van der Waals surface area contributed by atoms with Crippen LogP contribution in [0.3, 0.4) is 0 Å². The van der Waals surface area contributed by atoms with Crippen molar-refractivity contribution in [3.05, 3.63) is 41.5 Å². The van der Waals surface area contributed by atoms with Crippen molar-refractivity contribution >= 4 is 11.7 Å². The average molecular weight is 205 g/mol. The molecule has 0 unspecified atom stereocenters. The van der Waals surface area contributed by atoms with Gasteiger partial charge in [-0.1, -0.05) is 17.7 Å². The number of carboxylic acids is 1. The van der Waals surface area contributed by atoms with Crippen molar-refractivity contribution < 1.29 is 9.90 Å². The molecule has 0 fully saturated rings. The van der Waals surface area contributed by atoms with Crippen molar-refractivity contribution in [1.82, 2.24) is 0 Å². The fourth-order valence-corrected chi connectivity index (χ4v) is 1.17. The average Bonchev–Trinajstić information content (AvgIpc) is 2.16. The van der Waals surface area contributed by atoms with E-state index >= 15 is 0 Å². The minimum Gasteiger partial charge on any atom is -0.478 e. The second-order valence-electron chi connectivity index (χ2n) is 3.55. The van der Waals surface area contributed by atoms with Crippen molar-refractivity contribution in [1.29, 1.82) is 0 Å². The van der Waals surface area contributed by atoms with E-state index in [-0.39, 0.29) is 0 Å². The van der Waals surface area contributed by atoms with Gasteiger partial charge >= 0.3 is 5.97 Å². The highest BCUT2D eigenvalue weighted by atomic mass is 16.4. The lowest BCUT2D eigenvalue weighted by molar-refractivity contribution is -0.131. The zero-order valence-corrected chi connectivity index (χ0v) is 8.95. The number of hydrogen-bond donors (Lipinski definition) is 2. The molecule has 0 radical (unpaired) electrons. The Morgan fingerprint density at radius 2 is 2.00 bits per heavy atom. The highest BCUT2D eigenvalue weighted by Gasteiger charge is 1.95. The molecule has 0 atom stereocenters. The van der Waals surface area contributed by atoms with Crippen LogP contribution in [0, 0.1) is 6.92 Å². The number of rotatable bonds is 4. The van der Waals surface area contributed by atoms with E-state index in [0.717, 1.165) is 11.3 Å². The predicted octanol–water partition coefficient (Wildman–Crippen LogP) is 2.44. The van der Waals surface area contributed by atoms with Crippen LogP contribution in [0.2, 0.25) is 0 Å². The number of anilines is 1. The van der Waals surface area contributed by atoms with Crippen LogP contribution in [0.1, 0.15) is 12.5 Å². The predicted molar refractivity (Wildman–Crippen MR) is 61.1 cm³/mol. The molecule has 0 aliphatic rings. The first-order valence-corrected chi connectivity index (χ1v) is 4.78. The van der Waals surface area contributed by atoms with Crippen LogP contribution in [0.25, 0.3) is 0 Å². The van der Waals surface area contributed by atoms with Crippen molar-refractivity contribution in [2.45, 2.75) is 13.8 Å². The number of carbonyl (C=O) groups is 1. The molecule has 3 nitrogen and oxygen atoms in total. The quantitative estimate of drug-likeness (QED) is 0.742. The van der Waals surface area contributed by atoms with Gasteiger partial charge in [0.15, 0.2) is 0 Å². The van der Waals surface area contributed by atoms with E-state index in [4.69, 9.17) is 5.11 Å². The number of nitrogens with one attached hydrogen (secondary N) is 1. The Morgan fingerprint density at radius 3 is 2.53 bits per heavy atom. The normalized spacial score (nSPS) is 11.2. The van der Waals surface area contributed by atoms with Gasteiger partial charge in [-0.05, 0) is 31.6 Å². The van der Waals surface area contributed by atoms with Gasteiger partial charge in [0.25, 0.3) is 0 Å². The van der Waals surface area contributed by atoms with E-state index in [1.54, 1.807) is 6.92 Å². The second-order valence-corrected chi connectivity index (χ2v) is 3.55. The van der Waals surface area contributed by atoms with Gasteiger partial charge in [-0.2, -0.15) is 0 Å². The lowest BCUT2D eigenvalue weighted by Crippen LogP contribution is -2.04. The van der Waals surface area contributed by atoms with E-state index in [1.165, 1.54) is 11.6 Å². The van der Waals surface area contributed by atoms with Gasteiger partial charge in [-0.15, -0.1) is 0 Å². The molecule has 0 spiro atoms. The monoisotopic (exact) mass is 205 g/mol. The summed E-state index contributed by atoms with van der Waals surface area (Å²) in [5.74, 6) is -0.904. The van der Waals surface area contributed by atoms with Gasteiger partial charge in [0, 0.05) is 18.3 Å². The topological polar surface area (TPSA) is 49.3 Å². The summed E-state index contributed by atoms with van der Waals surface area (Å²) in [4.78, 5) is 10.4. The van der Waals surface area contributed by atoms with Crippen LogP contribution in [0.4, 0.5) is 5.69 Å². The third-order valence-corrected chi connectivity index (χ3v) is 1.99. The number of aryl methyl sites for hydroxylation is 1. The Bertz CT molecular complexity index is 366. The first-order valence-electron chi connectivity index (χ1n) is 4.78. The molecule has 0 aliphatic carbocycles. The lowest BCUT2D eigenvalue weighted by atomic mass is 10.2. The lowest BCUT2D eigenvalue weighted by Gasteiger charge is -2.06. The van der Waals surface area contributed by atoms with Gasteiger partial charge in [-0.25, -0.2) is 4.79 Å². The Balaban J connectivity index is 2.50. The second kappa shape index (κ2) is 5.20. The molecular formula is C12H15NO2. The van der Waals surface area contributed by atoms with Crippen molar-refractivity contribution in [2.24, 2.45) is 0 Å². The molecule has 0 bridgehead atoms. The van der Waals surface area contributed by atoms with Crippen molar-refractivity contribution in [3.63, 3.8) is 0 Å². The number of aliphatic carboxylic acids is 1. The molecule has 0 aliphatic heterocycles. The fourth-order valence-electron chi connectivity index (χ4n) is 1.17. The van der Waals surface area contributed by atoms with Gasteiger partial charge < -0.3 is 10.4 Å². The molecule has 0 aromatic heterocycles. The summed E-state index contributed by atoms with van der Waals surface area (Å²) in [6, 6.07) is 7.98. The van der Waals surface area contributed by atoms with Crippen LogP contribution < -0.4 is 5.32 Å². The molecule has 0 saturated carbocycles. The summed E-state index contributed by atoms with van der Waals surface area (Å²) in [5, 5.41) is 11.7. The largest absolute Gasteiger partial charge is 0.478 e. The maximum Gasteiger partial charge on any atom is 0.328 e. The van der Waals surface area contributed by atoms with Crippen LogP contribution in [-0.4, -0.2) is 17.6 Å². The minimum absolute atomic E-state index is 0.551. The zero-order chi connectivity index (χ0) is 11.3. The van der Waals surface area contributed by atoms with Gasteiger partial charge in [0.2, 0.25) is 0 Å². The maximum absolute atomic E-state index is 10.4. The van der Waals surface area contributed by atoms with E-state index in [0.29, 0.717) is 6.54 Å². The first-order chi connectivity index (χ1) is 7.08. The standard InChI is InChI=1S/C12H15NO2/c1-9-3-5-11(6-4-9)13-8-10(2)7-12(14)15/h3-7,13H,8H2,1-2H3,(H,14,15)/b10-7-. The third kappa shape index (κ3) is 4.31. The van der Waals surface area contributed by atoms with E-state index in [9.17, 15) is 4.79 Å². The van der Waals surface area contributed by atoms with Gasteiger partial charge in [-0.3, -0.25) is 0 Å². The molecular weight excluding hydrogens is 190 g/mol. The minimum atomic E-state index is -0.904. The summed E-state index contributed by atoms with van der Waals surface area (Å²) < 4.78 is 0. The summed E-state index contributed by atoms with van der Waals surface area (Å²) in [7, 11) is 0. The molecule has 0 saturated heterocycles. The molecule has 80 valence electrons. The summed E-state index contributed by atoms with van der Waals surface area (Å²) in [5.41, 5.74) is 3.00. The maximum atomic E-state index is 10.4. The Morgan fingerprint density at radius 1 is 1.40 bits per heavy atom. The van der Waals surface area contributed by atoms with E-state index in [2.05, 4.69) is 5.32 Å². The Labute approximate surface area is 89.4 Å². The van der Waals surface area contributed by atoms with E-state index in [1.807, 2.05) is 31.2 Å². The molecule has 2 N–H and O–H groups in total. The van der Waals surface area contributed by atoms with Gasteiger partial charge in [0.05, 0.1) is 0 Å². The number of hydrogen-bond acceptors (Lipinski definition) is 2. The SMILES string of the molecule is C/C(=C/C(=O)O)CNc1ccc(C)cc1. The molecule has 3 heteroatoms. The van der Waals surface area contributed by atoms with Crippen molar-refractivity contribution in [3.8, 4) is 0 Å². The Kier molecular flexibility index (Phi) is 3.92. The fraction of sp³-hybridized carbons (Fsp3) is 0.250. The molecule has 1 aromatic carbocycles. The third-order valence-electron chi connectivity index (χ3n) is 1.99. The highest BCUT2D eigenvalue weighted by molar-refractivity contribution is 5.80. The molecule has 1 aromatic rings. The zero-order valence-electron chi connectivity index (χ0n) is 8.95. The molecule has 15 heavy (non-hydrogen) atoms. The summed E-state index contributed by atoms with van der Waals surface area (Å²) in [6.45, 7) is 4.37. The van der Waals surface area contributed by atoms with Crippen LogP contribution in [0.5, 0.6) is 0 Å². The summed E-state index contributed by atoms with van der Waals surface area (Å²) >= 11 is 0. The highest BCUT2D eigenvalue weighted by Crippen LogP contribution is 2.08. The molecule has 1 rings (SSSR count). The van der Waals surface area contributed by atoms with Gasteiger partial charge in [0.1, 0.15) is 0 Å². The van der Waals surface area contributed by atoms with Crippen LogP contribution >= 0.6 is 0 Å². The number of benzene rings is 1. The van der Waals surface area contributed by atoms with E-state index < -0.39 is 5.97 Å². The number of carboxylic acid groups (broad SMARTS) is 1. The summed E-state index contributed by atoms with van der Waals surface area (Å²) in [6.07, 6.45) is 1.21. The first kappa shape index (κ1) is 11.3. The van der Waals surface area contributed by atoms with Crippen molar-refractivity contribution in [2.75, 3.05) is 11.9 Å². The molecule has 0 heterocycles. The van der Waals surface area contributed by atoms with Crippen LogP contribution in [0.15, 0.2) is 35.9 Å².